The molecule has 0 bridgehead atoms. The second-order valence-electron chi connectivity index (χ2n) is 5.68. The van der Waals surface area contributed by atoms with E-state index in [-0.39, 0.29) is 17.9 Å². The molecule has 3 rings (SSSR count). The van der Waals surface area contributed by atoms with Gasteiger partial charge in [-0.15, -0.1) is 0 Å². The van der Waals surface area contributed by atoms with Gasteiger partial charge in [-0.3, -0.25) is 9.89 Å². The molecule has 1 aliphatic rings. The van der Waals surface area contributed by atoms with Crippen molar-refractivity contribution in [3.05, 3.63) is 47.0 Å². The second-order valence-corrected chi connectivity index (χ2v) is 5.68. The largest absolute Gasteiger partial charge is 0.373 e. The van der Waals surface area contributed by atoms with Crippen LogP contribution >= 0.6 is 0 Å². The van der Waals surface area contributed by atoms with Gasteiger partial charge in [0.25, 0.3) is 5.91 Å². The number of nitrogens with one attached hydrogen (secondary N) is 2. The molecule has 116 valence electrons. The fourth-order valence-corrected chi connectivity index (χ4v) is 2.70. The summed E-state index contributed by atoms with van der Waals surface area (Å²) in [5.74, 6) is 0.119. The number of nitrogens with zero attached hydrogens (tertiary/aromatic N) is 2. The van der Waals surface area contributed by atoms with Crippen LogP contribution in [0.15, 0.2) is 24.5 Å². The van der Waals surface area contributed by atoms with Crippen LogP contribution in [-0.2, 0) is 4.74 Å². The summed E-state index contributed by atoms with van der Waals surface area (Å²) in [5, 5.41) is 9.73. The van der Waals surface area contributed by atoms with Crippen LogP contribution < -0.4 is 5.32 Å². The Kier molecular flexibility index (Phi) is 4.20. The van der Waals surface area contributed by atoms with E-state index in [2.05, 4.69) is 20.5 Å². The van der Waals surface area contributed by atoms with Gasteiger partial charge >= 0.3 is 0 Å². The first kappa shape index (κ1) is 14.7. The van der Waals surface area contributed by atoms with E-state index in [1.807, 2.05) is 26.1 Å². The minimum absolute atomic E-state index is 0.00763. The number of ether oxygens (including phenoxy) is 1. The molecule has 1 saturated heterocycles. The number of rotatable bonds is 4. The number of carbonyl (C=O) groups is 1. The first-order valence-corrected chi connectivity index (χ1v) is 7.48. The number of aryl methyl sites for hydroxylation is 2. The Morgan fingerprint density at radius 2 is 2.32 bits per heavy atom. The van der Waals surface area contributed by atoms with Gasteiger partial charge < -0.3 is 10.1 Å². The SMILES string of the molecule is Cc1ccc(C(=O)NC[C@H]2CCO[C@@H]2c2cn[nH]c2)nc1C. The lowest BCUT2D eigenvalue weighted by Gasteiger charge is -2.17. The molecule has 1 fully saturated rings. The highest BCUT2D eigenvalue weighted by Crippen LogP contribution is 2.33. The molecule has 22 heavy (non-hydrogen) atoms. The van der Waals surface area contributed by atoms with Gasteiger partial charge in [-0.25, -0.2) is 4.98 Å². The molecule has 2 N–H and O–H groups in total. The molecule has 6 heteroatoms. The number of H-pyrrole nitrogens is 1. The van der Waals surface area contributed by atoms with Gasteiger partial charge in [-0.05, 0) is 31.9 Å². The summed E-state index contributed by atoms with van der Waals surface area (Å²) < 4.78 is 5.76. The molecular weight excluding hydrogens is 280 g/mol. The molecule has 3 heterocycles. The summed E-state index contributed by atoms with van der Waals surface area (Å²) in [6, 6.07) is 3.68. The normalized spacial score (nSPS) is 21.0. The highest BCUT2D eigenvalue weighted by atomic mass is 16.5. The third-order valence-electron chi connectivity index (χ3n) is 4.17. The fourth-order valence-electron chi connectivity index (χ4n) is 2.70. The van der Waals surface area contributed by atoms with Crippen LogP contribution in [0.3, 0.4) is 0 Å². The molecule has 0 aliphatic carbocycles. The van der Waals surface area contributed by atoms with Crippen molar-refractivity contribution in [2.24, 2.45) is 5.92 Å². The van der Waals surface area contributed by atoms with Crippen molar-refractivity contribution >= 4 is 5.91 Å². The molecule has 2 atom stereocenters. The zero-order valence-corrected chi connectivity index (χ0v) is 12.8. The van der Waals surface area contributed by atoms with Gasteiger partial charge in [0.1, 0.15) is 5.69 Å². The van der Waals surface area contributed by atoms with E-state index in [9.17, 15) is 4.79 Å². The molecule has 2 aromatic rings. The van der Waals surface area contributed by atoms with Gasteiger partial charge in [0, 0.05) is 36.5 Å². The van der Waals surface area contributed by atoms with Crippen LogP contribution in [0.5, 0.6) is 0 Å². The maximum Gasteiger partial charge on any atom is 0.269 e. The second kappa shape index (κ2) is 6.27. The third kappa shape index (κ3) is 3.01. The highest BCUT2D eigenvalue weighted by molar-refractivity contribution is 5.92. The zero-order valence-electron chi connectivity index (χ0n) is 12.8. The van der Waals surface area contributed by atoms with Crippen molar-refractivity contribution in [1.29, 1.82) is 0 Å². The van der Waals surface area contributed by atoms with Gasteiger partial charge in [0.05, 0.1) is 12.3 Å². The molecule has 6 nitrogen and oxygen atoms in total. The predicted molar refractivity (Wildman–Crippen MR) is 81.4 cm³/mol. The molecule has 2 aromatic heterocycles. The average Bonchev–Trinajstić information content (AvgIpc) is 3.17. The molecule has 0 spiro atoms. The van der Waals surface area contributed by atoms with E-state index in [0.717, 1.165) is 23.2 Å². The van der Waals surface area contributed by atoms with Crippen molar-refractivity contribution in [2.45, 2.75) is 26.4 Å². The lowest BCUT2D eigenvalue weighted by atomic mass is 9.97. The van der Waals surface area contributed by atoms with Crippen molar-refractivity contribution in [1.82, 2.24) is 20.5 Å². The Balaban J connectivity index is 1.61. The quantitative estimate of drug-likeness (QED) is 0.904. The first-order valence-electron chi connectivity index (χ1n) is 7.48. The van der Waals surface area contributed by atoms with Gasteiger partial charge in [0.2, 0.25) is 0 Å². The van der Waals surface area contributed by atoms with E-state index in [0.29, 0.717) is 18.8 Å². The van der Waals surface area contributed by atoms with Crippen LogP contribution in [0.4, 0.5) is 0 Å². The van der Waals surface area contributed by atoms with E-state index < -0.39 is 0 Å². The maximum absolute atomic E-state index is 12.2. The summed E-state index contributed by atoms with van der Waals surface area (Å²) in [6.45, 7) is 5.17. The number of amides is 1. The molecular formula is C16H20N4O2. The number of carbonyl (C=O) groups excluding carboxylic acids is 1. The maximum atomic E-state index is 12.2. The van der Waals surface area contributed by atoms with Gasteiger partial charge in [0.15, 0.2) is 0 Å². The molecule has 0 saturated carbocycles. The molecule has 1 aliphatic heterocycles. The van der Waals surface area contributed by atoms with Crippen LogP contribution in [0.1, 0.15) is 39.8 Å². The predicted octanol–water partition coefficient (Wildman–Crippen LogP) is 1.93. The number of aromatic amines is 1. The standard InChI is InChI=1S/C16H20N4O2/c1-10-3-4-14(20-11(10)2)16(21)17-7-12-5-6-22-15(12)13-8-18-19-9-13/h3-4,8-9,12,15H,5-7H2,1-2H3,(H,17,21)(H,18,19)/t12-,15+/m1/s1. The Morgan fingerprint density at radius 3 is 3.05 bits per heavy atom. The van der Waals surface area contributed by atoms with Crippen LogP contribution in [-0.4, -0.2) is 34.2 Å². The Labute approximate surface area is 129 Å². The highest BCUT2D eigenvalue weighted by Gasteiger charge is 2.30. The van der Waals surface area contributed by atoms with Crippen molar-refractivity contribution in [3.8, 4) is 0 Å². The molecule has 0 radical (unpaired) electrons. The van der Waals surface area contributed by atoms with E-state index in [1.165, 1.54) is 0 Å². The number of pyridine rings is 1. The summed E-state index contributed by atoms with van der Waals surface area (Å²) in [4.78, 5) is 16.6. The molecule has 1 amide bonds. The smallest absolute Gasteiger partial charge is 0.269 e. The lowest BCUT2D eigenvalue weighted by Crippen LogP contribution is -2.31. The summed E-state index contributed by atoms with van der Waals surface area (Å²) >= 11 is 0. The van der Waals surface area contributed by atoms with Crippen molar-refractivity contribution in [2.75, 3.05) is 13.2 Å². The third-order valence-corrected chi connectivity index (χ3v) is 4.17. The van der Waals surface area contributed by atoms with Crippen LogP contribution in [0.25, 0.3) is 0 Å². The monoisotopic (exact) mass is 300 g/mol. The molecule has 0 aromatic carbocycles. The minimum atomic E-state index is -0.138. The number of hydrogen-bond acceptors (Lipinski definition) is 4. The van der Waals surface area contributed by atoms with E-state index >= 15 is 0 Å². The Hall–Kier alpha value is -2.21. The summed E-state index contributed by atoms with van der Waals surface area (Å²) in [7, 11) is 0. The van der Waals surface area contributed by atoms with E-state index in [1.54, 1.807) is 12.3 Å². The average molecular weight is 300 g/mol. The number of aromatic nitrogens is 3. The topological polar surface area (TPSA) is 79.9 Å². The van der Waals surface area contributed by atoms with Crippen LogP contribution in [0.2, 0.25) is 0 Å². The zero-order chi connectivity index (χ0) is 15.5. The lowest BCUT2D eigenvalue weighted by molar-refractivity contribution is 0.0844. The van der Waals surface area contributed by atoms with Crippen molar-refractivity contribution in [3.63, 3.8) is 0 Å². The van der Waals surface area contributed by atoms with Gasteiger partial charge in [-0.2, -0.15) is 5.10 Å². The Morgan fingerprint density at radius 1 is 1.45 bits per heavy atom. The minimum Gasteiger partial charge on any atom is -0.373 e. The van der Waals surface area contributed by atoms with E-state index in [4.69, 9.17) is 4.74 Å². The first-order chi connectivity index (χ1) is 10.6. The summed E-state index contributed by atoms with van der Waals surface area (Å²) in [6.07, 6.45) is 4.54. The fraction of sp³-hybridized carbons (Fsp3) is 0.438. The Bertz CT molecular complexity index is 654. The summed E-state index contributed by atoms with van der Waals surface area (Å²) in [5.41, 5.74) is 3.46. The van der Waals surface area contributed by atoms with Crippen molar-refractivity contribution < 1.29 is 9.53 Å². The number of hydrogen-bond donors (Lipinski definition) is 2. The van der Waals surface area contributed by atoms with Gasteiger partial charge in [-0.1, -0.05) is 6.07 Å². The van der Waals surface area contributed by atoms with Crippen LogP contribution in [0, 0.1) is 19.8 Å². The molecule has 0 unspecified atom stereocenters.